The minimum Gasteiger partial charge on any atom is -0.381 e. The second-order valence-corrected chi connectivity index (χ2v) is 5.05. The van der Waals surface area contributed by atoms with E-state index in [1.807, 2.05) is 17.8 Å². The second-order valence-electron chi connectivity index (χ2n) is 3.98. The highest BCUT2D eigenvalue weighted by molar-refractivity contribution is 8.00. The number of thioether (sulfide) groups is 1. The third-order valence-corrected chi connectivity index (χ3v) is 4.09. The fraction of sp³-hybridized carbons (Fsp3) is 0.250. The Morgan fingerprint density at radius 1 is 1.31 bits per heavy atom. The van der Waals surface area contributed by atoms with E-state index in [2.05, 4.69) is 23.4 Å². The Morgan fingerprint density at radius 3 is 2.81 bits per heavy atom. The fourth-order valence-electron chi connectivity index (χ4n) is 1.80. The molecule has 0 atom stereocenters. The minimum atomic E-state index is 0.430. The van der Waals surface area contributed by atoms with E-state index in [1.54, 1.807) is 6.07 Å². The first kappa shape index (κ1) is 9.78. The van der Waals surface area contributed by atoms with Crippen LogP contribution in [0.3, 0.4) is 0 Å². The summed E-state index contributed by atoms with van der Waals surface area (Å²) >= 11 is 1.99. The molecule has 0 unspecified atom stereocenters. The Labute approximate surface area is 98.0 Å². The quantitative estimate of drug-likeness (QED) is 0.865. The predicted molar refractivity (Wildman–Crippen MR) is 66.4 cm³/mol. The summed E-state index contributed by atoms with van der Waals surface area (Å²) in [5.41, 5.74) is 7.98. The summed E-state index contributed by atoms with van der Waals surface area (Å²) in [4.78, 5) is 0. The summed E-state index contributed by atoms with van der Waals surface area (Å²) in [7, 11) is 0. The molecule has 1 aromatic carbocycles. The maximum Gasteiger partial charge on any atom is 0.169 e. The SMILES string of the molecule is Nc1cc(-c2cccc(C3CSC3)c2)on1. The number of nitrogens with two attached hydrogens (primary N) is 1. The molecule has 3 nitrogen and oxygen atoms in total. The van der Waals surface area contributed by atoms with Crippen LogP contribution in [-0.2, 0) is 0 Å². The Bertz CT molecular complexity index is 505. The van der Waals surface area contributed by atoms with E-state index < -0.39 is 0 Å². The van der Waals surface area contributed by atoms with Crippen LogP contribution in [0.1, 0.15) is 11.5 Å². The monoisotopic (exact) mass is 232 g/mol. The van der Waals surface area contributed by atoms with Crippen LogP contribution in [0.15, 0.2) is 34.9 Å². The number of hydrogen-bond acceptors (Lipinski definition) is 4. The number of aromatic nitrogens is 1. The number of nitrogens with zero attached hydrogens (tertiary/aromatic N) is 1. The van der Waals surface area contributed by atoms with E-state index in [0.717, 1.165) is 11.3 Å². The Kier molecular flexibility index (Phi) is 2.36. The topological polar surface area (TPSA) is 52.0 Å². The van der Waals surface area contributed by atoms with Crippen molar-refractivity contribution in [3.8, 4) is 11.3 Å². The zero-order valence-corrected chi connectivity index (χ0v) is 9.54. The summed E-state index contributed by atoms with van der Waals surface area (Å²) in [5.74, 6) is 4.32. The highest BCUT2D eigenvalue weighted by atomic mass is 32.2. The second kappa shape index (κ2) is 3.87. The zero-order valence-electron chi connectivity index (χ0n) is 8.72. The van der Waals surface area contributed by atoms with Gasteiger partial charge in [0.25, 0.3) is 0 Å². The lowest BCUT2D eigenvalue weighted by Crippen LogP contribution is -2.15. The molecule has 2 heterocycles. The third kappa shape index (κ3) is 1.69. The van der Waals surface area contributed by atoms with Gasteiger partial charge in [0.15, 0.2) is 11.6 Å². The van der Waals surface area contributed by atoms with Gasteiger partial charge in [-0.3, -0.25) is 0 Å². The molecule has 16 heavy (non-hydrogen) atoms. The molecule has 1 aromatic heterocycles. The summed E-state index contributed by atoms with van der Waals surface area (Å²) in [6.45, 7) is 0. The highest BCUT2D eigenvalue weighted by Gasteiger charge is 2.20. The van der Waals surface area contributed by atoms with Crippen LogP contribution in [-0.4, -0.2) is 16.7 Å². The van der Waals surface area contributed by atoms with Gasteiger partial charge in [0.1, 0.15) is 0 Å². The summed E-state index contributed by atoms with van der Waals surface area (Å²) in [6.07, 6.45) is 0. The molecule has 0 aliphatic carbocycles. The molecule has 0 spiro atoms. The van der Waals surface area contributed by atoms with Crippen molar-refractivity contribution >= 4 is 17.6 Å². The van der Waals surface area contributed by atoms with E-state index in [0.29, 0.717) is 11.7 Å². The van der Waals surface area contributed by atoms with Crippen LogP contribution in [0.5, 0.6) is 0 Å². The first-order valence-corrected chi connectivity index (χ1v) is 6.38. The molecule has 4 heteroatoms. The largest absolute Gasteiger partial charge is 0.381 e. The molecular weight excluding hydrogens is 220 g/mol. The van der Waals surface area contributed by atoms with Crippen molar-refractivity contribution in [1.82, 2.24) is 5.16 Å². The Morgan fingerprint density at radius 2 is 2.19 bits per heavy atom. The van der Waals surface area contributed by atoms with E-state index in [9.17, 15) is 0 Å². The number of benzene rings is 1. The van der Waals surface area contributed by atoms with Crippen molar-refractivity contribution < 1.29 is 4.52 Å². The lowest BCUT2D eigenvalue weighted by molar-refractivity contribution is 0.436. The molecule has 0 radical (unpaired) electrons. The average Bonchev–Trinajstić information content (AvgIpc) is 2.63. The summed E-state index contributed by atoms with van der Waals surface area (Å²) < 4.78 is 5.16. The number of anilines is 1. The molecule has 1 aliphatic rings. The van der Waals surface area contributed by atoms with E-state index in [4.69, 9.17) is 10.3 Å². The van der Waals surface area contributed by atoms with E-state index in [-0.39, 0.29) is 0 Å². The third-order valence-electron chi connectivity index (χ3n) is 2.81. The summed E-state index contributed by atoms with van der Waals surface area (Å²) in [6, 6.07) is 10.2. The van der Waals surface area contributed by atoms with Crippen LogP contribution in [0.4, 0.5) is 5.82 Å². The number of nitrogen functional groups attached to an aromatic ring is 1. The van der Waals surface area contributed by atoms with E-state index >= 15 is 0 Å². The molecule has 1 saturated heterocycles. The number of hydrogen-bond donors (Lipinski definition) is 1. The zero-order chi connectivity index (χ0) is 11.0. The number of rotatable bonds is 2. The van der Waals surface area contributed by atoms with Gasteiger partial charge in [-0.2, -0.15) is 11.8 Å². The first-order valence-electron chi connectivity index (χ1n) is 5.23. The molecule has 82 valence electrons. The average molecular weight is 232 g/mol. The van der Waals surface area contributed by atoms with Crippen molar-refractivity contribution in [3.63, 3.8) is 0 Å². The van der Waals surface area contributed by atoms with Gasteiger partial charge in [0, 0.05) is 29.1 Å². The van der Waals surface area contributed by atoms with Gasteiger partial charge < -0.3 is 10.3 Å². The minimum absolute atomic E-state index is 0.430. The van der Waals surface area contributed by atoms with Crippen LogP contribution >= 0.6 is 11.8 Å². The molecule has 0 bridgehead atoms. The predicted octanol–water partition coefficient (Wildman–Crippen LogP) is 2.75. The molecular formula is C12H12N2OS. The maximum atomic E-state index is 5.54. The summed E-state index contributed by atoms with van der Waals surface area (Å²) in [5, 5.41) is 3.70. The highest BCUT2D eigenvalue weighted by Crippen LogP contribution is 2.35. The van der Waals surface area contributed by atoms with Gasteiger partial charge in [0.05, 0.1) is 0 Å². The van der Waals surface area contributed by atoms with Gasteiger partial charge in [-0.15, -0.1) is 0 Å². The fourth-order valence-corrected chi connectivity index (χ4v) is 2.66. The van der Waals surface area contributed by atoms with Crippen molar-refractivity contribution in [3.05, 3.63) is 35.9 Å². The van der Waals surface area contributed by atoms with Crippen LogP contribution in [0.25, 0.3) is 11.3 Å². The lowest BCUT2D eigenvalue weighted by atomic mass is 9.99. The van der Waals surface area contributed by atoms with Crippen LogP contribution < -0.4 is 5.73 Å². The smallest absolute Gasteiger partial charge is 0.169 e. The lowest BCUT2D eigenvalue weighted by Gasteiger charge is -2.25. The molecule has 1 fully saturated rings. The molecule has 3 rings (SSSR count). The normalized spacial score (nSPS) is 16.0. The van der Waals surface area contributed by atoms with Crippen LogP contribution in [0.2, 0.25) is 0 Å². The van der Waals surface area contributed by atoms with Crippen molar-refractivity contribution in [2.75, 3.05) is 17.2 Å². The Hall–Kier alpha value is -1.42. The van der Waals surface area contributed by atoms with Crippen molar-refractivity contribution in [2.45, 2.75) is 5.92 Å². The van der Waals surface area contributed by atoms with Crippen LogP contribution in [0, 0.1) is 0 Å². The van der Waals surface area contributed by atoms with Gasteiger partial charge >= 0.3 is 0 Å². The van der Waals surface area contributed by atoms with Gasteiger partial charge in [-0.1, -0.05) is 23.4 Å². The molecule has 0 amide bonds. The van der Waals surface area contributed by atoms with Gasteiger partial charge in [-0.05, 0) is 11.6 Å². The standard InChI is InChI=1S/C12H12N2OS/c13-12-5-11(15-14-12)9-3-1-2-8(4-9)10-6-16-7-10/h1-5,10H,6-7H2,(H2,13,14). The van der Waals surface area contributed by atoms with Gasteiger partial charge in [0.2, 0.25) is 0 Å². The first-order chi connectivity index (χ1) is 7.83. The van der Waals surface area contributed by atoms with Crippen molar-refractivity contribution in [1.29, 1.82) is 0 Å². The maximum absolute atomic E-state index is 5.54. The Balaban J connectivity index is 1.95. The molecule has 2 N–H and O–H groups in total. The molecule has 0 saturated carbocycles. The van der Waals surface area contributed by atoms with Gasteiger partial charge in [-0.25, -0.2) is 0 Å². The van der Waals surface area contributed by atoms with E-state index in [1.165, 1.54) is 17.1 Å². The molecule has 1 aliphatic heterocycles. The molecule has 2 aromatic rings. The van der Waals surface area contributed by atoms with Crippen molar-refractivity contribution in [2.24, 2.45) is 0 Å².